The standard InChI is InChI=1S/C25H30N4O2/c30-24(27-13-11-18-6-2-1-3-7-18)21-9-10-22-20-14-19(16-29(22)25(21)31)15-28(17-20)23-8-4-5-12-26-23/h4-6,8-10,12,19-20H,1-3,7,11,13-17H2,(H,27,30)/t19-,20+/m0/s1. The number of nitrogens with zero attached hydrogens (tertiary/aromatic N) is 3. The third-order valence-electron chi connectivity index (χ3n) is 6.94. The molecule has 0 spiro atoms. The number of allylic oxidation sites excluding steroid dienone is 1. The van der Waals surface area contributed by atoms with Gasteiger partial charge in [-0.25, -0.2) is 4.98 Å². The van der Waals surface area contributed by atoms with Crippen LogP contribution in [0.2, 0.25) is 0 Å². The normalized spacial score (nSPS) is 22.5. The fourth-order valence-corrected chi connectivity index (χ4v) is 5.41. The number of fused-ring (bicyclic) bond motifs is 4. The molecule has 0 saturated carbocycles. The van der Waals surface area contributed by atoms with Crippen molar-refractivity contribution in [3.8, 4) is 0 Å². The Balaban J connectivity index is 1.29. The van der Waals surface area contributed by atoms with Gasteiger partial charge in [-0.05, 0) is 68.7 Å². The largest absolute Gasteiger partial charge is 0.356 e. The van der Waals surface area contributed by atoms with Gasteiger partial charge in [0.25, 0.3) is 11.5 Å². The number of nitrogens with one attached hydrogen (secondary N) is 1. The van der Waals surface area contributed by atoms with E-state index < -0.39 is 0 Å². The van der Waals surface area contributed by atoms with Gasteiger partial charge in [-0.15, -0.1) is 0 Å². The summed E-state index contributed by atoms with van der Waals surface area (Å²) in [5.74, 6) is 1.43. The van der Waals surface area contributed by atoms with E-state index in [1.807, 2.05) is 35.0 Å². The number of carbonyl (C=O) groups excluding carboxylic acids is 1. The molecule has 1 fully saturated rings. The highest BCUT2D eigenvalue weighted by Gasteiger charge is 2.35. The Kier molecular flexibility index (Phi) is 5.62. The first-order valence-corrected chi connectivity index (χ1v) is 11.5. The maximum Gasteiger partial charge on any atom is 0.263 e. The molecule has 2 aromatic rings. The van der Waals surface area contributed by atoms with E-state index in [1.54, 1.807) is 6.07 Å². The number of amides is 1. The maximum atomic E-state index is 13.2. The van der Waals surface area contributed by atoms with E-state index in [-0.39, 0.29) is 22.9 Å². The molecule has 1 saturated heterocycles. The van der Waals surface area contributed by atoms with E-state index in [9.17, 15) is 9.59 Å². The summed E-state index contributed by atoms with van der Waals surface area (Å²) in [4.78, 5) is 32.7. The predicted octanol–water partition coefficient (Wildman–Crippen LogP) is 3.49. The molecule has 1 aliphatic carbocycles. The molecule has 3 aliphatic rings. The molecule has 1 amide bonds. The molecule has 5 rings (SSSR count). The third kappa shape index (κ3) is 4.16. The number of rotatable bonds is 5. The Morgan fingerprint density at radius 1 is 1.13 bits per heavy atom. The molecule has 4 heterocycles. The Bertz CT molecular complexity index is 1040. The summed E-state index contributed by atoms with van der Waals surface area (Å²) in [7, 11) is 0. The molecule has 0 aromatic carbocycles. The van der Waals surface area contributed by atoms with Crippen molar-refractivity contribution in [1.29, 1.82) is 0 Å². The number of carbonyl (C=O) groups is 1. The van der Waals surface area contributed by atoms with E-state index in [0.717, 1.165) is 50.3 Å². The number of pyridine rings is 2. The van der Waals surface area contributed by atoms with E-state index in [0.29, 0.717) is 19.0 Å². The van der Waals surface area contributed by atoms with Gasteiger partial charge in [0.15, 0.2) is 0 Å². The number of aromatic nitrogens is 2. The Morgan fingerprint density at radius 2 is 2.06 bits per heavy atom. The van der Waals surface area contributed by atoms with Gasteiger partial charge in [-0.2, -0.15) is 0 Å². The fourth-order valence-electron chi connectivity index (χ4n) is 5.41. The molecule has 0 unspecified atom stereocenters. The lowest BCUT2D eigenvalue weighted by Gasteiger charge is -2.43. The van der Waals surface area contributed by atoms with Gasteiger partial charge >= 0.3 is 0 Å². The van der Waals surface area contributed by atoms with Crippen molar-refractivity contribution in [1.82, 2.24) is 14.9 Å². The van der Waals surface area contributed by atoms with Crippen molar-refractivity contribution in [3.05, 3.63) is 69.8 Å². The zero-order valence-corrected chi connectivity index (χ0v) is 17.9. The van der Waals surface area contributed by atoms with Crippen LogP contribution in [-0.4, -0.2) is 35.1 Å². The molecular weight excluding hydrogens is 388 g/mol. The SMILES string of the molecule is O=C(NCCC1=CCCCC1)c1ccc2n(c1=O)C[C@H]1C[C@@H]2CN(c2ccccn2)C1. The van der Waals surface area contributed by atoms with Crippen LogP contribution < -0.4 is 15.8 Å². The highest BCUT2D eigenvalue weighted by molar-refractivity contribution is 5.93. The van der Waals surface area contributed by atoms with Gasteiger partial charge in [0.05, 0.1) is 0 Å². The number of hydrogen-bond acceptors (Lipinski definition) is 4. The van der Waals surface area contributed by atoms with Crippen molar-refractivity contribution in [2.45, 2.75) is 51.0 Å². The third-order valence-corrected chi connectivity index (χ3v) is 6.94. The van der Waals surface area contributed by atoms with Crippen LogP contribution in [0, 0.1) is 5.92 Å². The van der Waals surface area contributed by atoms with Crippen LogP contribution in [-0.2, 0) is 6.54 Å². The first kappa shape index (κ1) is 20.0. The molecule has 1 N–H and O–H groups in total. The van der Waals surface area contributed by atoms with Crippen LogP contribution in [0.3, 0.4) is 0 Å². The summed E-state index contributed by atoms with van der Waals surface area (Å²) in [5.41, 5.74) is 2.60. The zero-order chi connectivity index (χ0) is 21.2. The van der Waals surface area contributed by atoms with Crippen molar-refractivity contribution in [3.63, 3.8) is 0 Å². The lowest BCUT2D eigenvalue weighted by atomic mass is 9.83. The first-order chi connectivity index (χ1) is 15.2. The van der Waals surface area contributed by atoms with Gasteiger partial charge in [-0.3, -0.25) is 9.59 Å². The van der Waals surface area contributed by atoms with Crippen LogP contribution in [0.4, 0.5) is 5.82 Å². The monoisotopic (exact) mass is 418 g/mol. The fraction of sp³-hybridized carbons (Fsp3) is 0.480. The lowest BCUT2D eigenvalue weighted by molar-refractivity contribution is 0.0951. The van der Waals surface area contributed by atoms with Gasteiger partial charge in [0, 0.05) is 44.0 Å². The van der Waals surface area contributed by atoms with Gasteiger partial charge < -0.3 is 14.8 Å². The maximum absolute atomic E-state index is 13.2. The van der Waals surface area contributed by atoms with E-state index in [1.165, 1.54) is 18.4 Å². The van der Waals surface area contributed by atoms with Crippen LogP contribution >= 0.6 is 0 Å². The van der Waals surface area contributed by atoms with E-state index in [4.69, 9.17) is 0 Å². The highest BCUT2D eigenvalue weighted by atomic mass is 16.2. The quantitative estimate of drug-likeness (QED) is 0.755. The van der Waals surface area contributed by atoms with E-state index in [2.05, 4.69) is 21.3 Å². The molecular formula is C25H30N4O2. The average Bonchev–Trinajstić information content (AvgIpc) is 2.81. The average molecular weight is 419 g/mol. The molecule has 0 radical (unpaired) electrons. The second kappa shape index (κ2) is 8.69. The topological polar surface area (TPSA) is 67.2 Å². The minimum absolute atomic E-state index is 0.145. The Morgan fingerprint density at radius 3 is 2.87 bits per heavy atom. The molecule has 2 aromatic heterocycles. The Hall–Kier alpha value is -2.89. The highest BCUT2D eigenvalue weighted by Crippen LogP contribution is 2.36. The summed E-state index contributed by atoms with van der Waals surface area (Å²) < 4.78 is 1.85. The second-order valence-corrected chi connectivity index (χ2v) is 9.09. The number of anilines is 1. The predicted molar refractivity (Wildman–Crippen MR) is 122 cm³/mol. The van der Waals surface area contributed by atoms with Gasteiger partial charge in [0.1, 0.15) is 11.4 Å². The lowest BCUT2D eigenvalue weighted by Crippen LogP contribution is -2.48. The number of hydrogen-bond donors (Lipinski definition) is 1. The van der Waals surface area contributed by atoms with Gasteiger partial charge in [-0.1, -0.05) is 17.7 Å². The minimum Gasteiger partial charge on any atom is -0.356 e. The summed E-state index contributed by atoms with van der Waals surface area (Å²) in [6, 6.07) is 9.71. The smallest absolute Gasteiger partial charge is 0.263 e. The second-order valence-electron chi connectivity index (χ2n) is 9.09. The summed E-state index contributed by atoms with van der Waals surface area (Å²) in [6.07, 6.45) is 10.9. The molecule has 2 bridgehead atoms. The van der Waals surface area contributed by atoms with Crippen molar-refractivity contribution in [2.24, 2.45) is 5.92 Å². The molecule has 162 valence electrons. The van der Waals surface area contributed by atoms with Gasteiger partial charge in [0.2, 0.25) is 0 Å². The summed E-state index contributed by atoms with van der Waals surface area (Å²) in [6.45, 7) is 3.01. The van der Waals surface area contributed by atoms with Crippen LogP contribution in [0.1, 0.15) is 60.5 Å². The zero-order valence-electron chi connectivity index (χ0n) is 17.9. The molecule has 2 atom stereocenters. The van der Waals surface area contributed by atoms with Crippen LogP contribution in [0.15, 0.2) is 53.0 Å². The summed E-state index contributed by atoms with van der Waals surface area (Å²) in [5, 5.41) is 2.96. The minimum atomic E-state index is -0.248. The van der Waals surface area contributed by atoms with E-state index >= 15 is 0 Å². The van der Waals surface area contributed by atoms with Crippen LogP contribution in [0.25, 0.3) is 0 Å². The van der Waals surface area contributed by atoms with Crippen molar-refractivity contribution in [2.75, 3.05) is 24.5 Å². The molecule has 31 heavy (non-hydrogen) atoms. The van der Waals surface area contributed by atoms with Crippen molar-refractivity contribution >= 4 is 11.7 Å². The molecule has 6 heteroatoms. The summed E-state index contributed by atoms with van der Waals surface area (Å²) >= 11 is 0. The molecule has 6 nitrogen and oxygen atoms in total. The van der Waals surface area contributed by atoms with Crippen molar-refractivity contribution < 1.29 is 4.79 Å². The van der Waals surface area contributed by atoms with Crippen LogP contribution in [0.5, 0.6) is 0 Å². The first-order valence-electron chi connectivity index (χ1n) is 11.5. The Labute approximate surface area is 183 Å². The number of piperidine rings is 1. The molecule has 2 aliphatic heterocycles.